The predicted octanol–water partition coefficient (Wildman–Crippen LogP) is 4.23. The van der Waals surface area contributed by atoms with Crippen LogP contribution < -0.4 is 25.0 Å². The van der Waals surface area contributed by atoms with Gasteiger partial charge in [-0.2, -0.15) is 0 Å². The molecule has 1 amide bonds. The van der Waals surface area contributed by atoms with Crippen molar-refractivity contribution < 1.29 is 14.5 Å². The lowest BCUT2D eigenvalue weighted by molar-refractivity contribution is -0.384. The third kappa shape index (κ3) is 5.30. The lowest BCUT2D eigenvalue weighted by Crippen LogP contribution is -2.24. The van der Waals surface area contributed by atoms with E-state index in [-0.39, 0.29) is 17.9 Å². The number of thiazole rings is 1. The number of hydrogen-bond acceptors (Lipinski definition) is 8. The summed E-state index contributed by atoms with van der Waals surface area (Å²) < 4.78 is 8.03. The Kier molecular flexibility index (Phi) is 7.24. The first-order chi connectivity index (χ1) is 18.9. The number of non-ortho nitro benzene ring substituents is 1. The number of hydrogen-bond donors (Lipinski definition) is 1. The van der Waals surface area contributed by atoms with E-state index in [2.05, 4.69) is 15.2 Å². The summed E-state index contributed by atoms with van der Waals surface area (Å²) >= 11 is 1.29. The van der Waals surface area contributed by atoms with E-state index in [4.69, 9.17) is 4.74 Å². The van der Waals surface area contributed by atoms with Crippen LogP contribution in [0.1, 0.15) is 19.4 Å². The maximum Gasteiger partial charge on any atom is 0.274 e. The van der Waals surface area contributed by atoms with Gasteiger partial charge in [-0.15, -0.1) is 0 Å². The first-order valence-electron chi connectivity index (χ1n) is 12.4. The molecule has 10 nitrogen and oxygen atoms in total. The first kappa shape index (κ1) is 25.9. The van der Waals surface area contributed by atoms with Crippen LogP contribution in [0.5, 0.6) is 5.75 Å². The van der Waals surface area contributed by atoms with Gasteiger partial charge in [-0.05, 0) is 50.3 Å². The van der Waals surface area contributed by atoms with Crippen LogP contribution in [0, 0.1) is 10.1 Å². The van der Waals surface area contributed by atoms with Crippen molar-refractivity contribution in [1.29, 1.82) is 0 Å². The lowest BCUT2D eigenvalue weighted by atomic mass is 10.1. The Labute approximate surface area is 226 Å². The number of imidazole rings is 1. The Bertz CT molecular complexity index is 1810. The van der Waals surface area contributed by atoms with E-state index in [1.165, 1.54) is 29.5 Å². The molecule has 1 N–H and O–H groups in total. The number of fused-ring (bicyclic) bond motifs is 3. The average Bonchev–Trinajstić information content (AvgIpc) is 3.45. The number of ether oxygens (including phenoxy) is 1. The van der Waals surface area contributed by atoms with Crippen molar-refractivity contribution in [3.8, 4) is 5.75 Å². The van der Waals surface area contributed by atoms with Crippen LogP contribution in [-0.2, 0) is 4.79 Å². The van der Waals surface area contributed by atoms with Crippen LogP contribution in [0.25, 0.3) is 22.1 Å². The third-order valence-electron chi connectivity index (χ3n) is 6.26. The zero-order valence-corrected chi connectivity index (χ0v) is 22.1. The highest BCUT2D eigenvalue weighted by atomic mass is 32.1. The van der Waals surface area contributed by atoms with Gasteiger partial charge in [0.05, 0.1) is 20.5 Å². The molecule has 0 aliphatic carbocycles. The Balaban J connectivity index is 1.47. The summed E-state index contributed by atoms with van der Waals surface area (Å²) in [5.74, 6) is -0.0378. The molecule has 0 aliphatic heterocycles. The van der Waals surface area contributed by atoms with E-state index in [0.717, 1.165) is 29.8 Å². The molecule has 0 spiro atoms. The Hall–Kier alpha value is -4.77. The number of nitro groups is 1. The van der Waals surface area contributed by atoms with Gasteiger partial charge in [-0.25, -0.2) is 9.38 Å². The number of amides is 1. The van der Waals surface area contributed by atoms with Crippen LogP contribution in [0.3, 0.4) is 0 Å². The van der Waals surface area contributed by atoms with Gasteiger partial charge in [0, 0.05) is 48.2 Å². The molecule has 5 rings (SSSR count). The van der Waals surface area contributed by atoms with Gasteiger partial charge in [-0.1, -0.05) is 29.5 Å². The molecule has 0 atom stereocenters. The number of anilines is 2. The van der Waals surface area contributed by atoms with Crippen molar-refractivity contribution in [2.45, 2.75) is 13.8 Å². The molecule has 198 valence electrons. The molecule has 0 unspecified atom stereocenters. The minimum absolute atomic E-state index is 0.124. The van der Waals surface area contributed by atoms with Crippen molar-refractivity contribution >= 4 is 56.4 Å². The summed E-state index contributed by atoms with van der Waals surface area (Å²) in [5, 5.41) is 13.7. The van der Waals surface area contributed by atoms with Gasteiger partial charge >= 0.3 is 0 Å². The lowest BCUT2D eigenvalue weighted by Gasteiger charge is -2.22. The number of benzene rings is 3. The van der Waals surface area contributed by atoms with E-state index >= 15 is 0 Å². The Morgan fingerprint density at radius 1 is 1.13 bits per heavy atom. The number of nitro benzene ring substituents is 1. The molecule has 0 aliphatic rings. The van der Waals surface area contributed by atoms with E-state index in [1.54, 1.807) is 16.5 Å². The Morgan fingerprint density at radius 3 is 2.69 bits per heavy atom. The molecule has 2 heterocycles. The van der Waals surface area contributed by atoms with E-state index in [1.807, 2.05) is 56.3 Å². The van der Waals surface area contributed by atoms with E-state index in [0.29, 0.717) is 26.5 Å². The predicted molar refractivity (Wildman–Crippen MR) is 153 cm³/mol. The van der Waals surface area contributed by atoms with Gasteiger partial charge < -0.3 is 15.0 Å². The number of nitrogens with one attached hydrogen (secondary N) is 1. The number of aromatic nitrogens is 2. The Morgan fingerprint density at radius 2 is 1.92 bits per heavy atom. The minimum Gasteiger partial charge on any atom is -0.483 e. The maximum absolute atomic E-state index is 13.3. The molecule has 0 saturated heterocycles. The fraction of sp³-hybridized carbons (Fsp3) is 0.179. The smallest absolute Gasteiger partial charge is 0.274 e. The average molecular weight is 544 g/mol. The second-order valence-electron chi connectivity index (χ2n) is 8.67. The number of nitrogens with zero attached hydrogens (tertiary/aromatic N) is 4. The van der Waals surface area contributed by atoms with Crippen LogP contribution in [0.15, 0.2) is 71.5 Å². The maximum atomic E-state index is 13.3. The molecule has 5 aromatic rings. The second kappa shape index (κ2) is 10.9. The van der Waals surface area contributed by atoms with Crippen LogP contribution in [-0.4, -0.2) is 39.9 Å². The molecule has 2 aromatic heterocycles. The molecule has 0 fully saturated rings. The van der Waals surface area contributed by atoms with Crippen molar-refractivity contribution in [2.75, 3.05) is 29.9 Å². The second-order valence-corrected chi connectivity index (χ2v) is 9.68. The quantitative estimate of drug-likeness (QED) is 0.218. The summed E-state index contributed by atoms with van der Waals surface area (Å²) in [5.41, 5.74) is 3.06. The molecule has 0 saturated carbocycles. The number of carbonyl (C=O) groups excluding carboxylic acids is 1. The molecular formula is C28H25N5O5S. The number of carbonyl (C=O) groups is 1. The zero-order valence-electron chi connectivity index (χ0n) is 21.3. The summed E-state index contributed by atoms with van der Waals surface area (Å²) in [7, 11) is 0. The van der Waals surface area contributed by atoms with Crippen LogP contribution >= 0.6 is 11.3 Å². The van der Waals surface area contributed by atoms with Gasteiger partial charge in [0.25, 0.3) is 17.2 Å². The molecule has 11 heteroatoms. The largest absolute Gasteiger partial charge is 0.483 e. The van der Waals surface area contributed by atoms with Crippen molar-refractivity contribution in [2.24, 2.45) is 0 Å². The SMILES string of the molecule is CCN(CC)c1ccc(/C=c2/sc3nc4ccccc4n3c2=O)c(OCC(=O)Nc2cccc([N+](=O)[O-])c2)c1. The molecule has 0 bridgehead atoms. The first-order valence-corrected chi connectivity index (χ1v) is 13.2. The fourth-order valence-electron chi connectivity index (χ4n) is 4.34. The topological polar surface area (TPSA) is 119 Å². The summed E-state index contributed by atoms with van der Waals surface area (Å²) in [4.78, 5) is 43.7. The third-order valence-corrected chi connectivity index (χ3v) is 7.23. The monoisotopic (exact) mass is 543 g/mol. The zero-order chi connectivity index (χ0) is 27.5. The summed E-state index contributed by atoms with van der Waals surface area (Å²) in [6.07, 6.45) is 1.75. The van der Waals surface area contributed by atoms with Crippen molar-refractivity contribution in [3.63, 3.8) is 0 Å². The highest BCUT2D eigenvalue weighted by molar-refractivity contribution is 7.15. The van der Waals surface area contributed by atoms with Crippen LogP contribution in [0.2, 0.25) is 0 Å². The molecular weight excluding hydrogens is 518 g/mol. The number of rotatable bonds is 9. The minimum atomic E-state index is -0.526. The van der Waals surface area contributed by atoms with Crippen LogP contribution in [0.4, 0.5) is 17.1 Å². The summed E-state index contributed by atoms with van der Waals surface area (Å²) in [6, 6.07) is 18.8. The van der Waals surface area contributed by atoms with Gasteiger partial charge in [-0.3, -0.25) is 19.7 Å². The van der Waals surface area contributed by atoms with Gasteiger partial charge in [0.15, 0.2) is 11.6 Å². The van der Waals surface area contributed by atoms with Crippen molar-refractivity contribution in [3.05, 3.63) is 97.3 Å². The van der Waals surface area contributed by atoms with E-state index < -0.39 is 10.8 Å². The van der Waals surface area contributed by atoms with Crippen molar-refractivity contribution in [1.82, 2.24) is 9.38 Å². The van der Waals surface area contributed by atoms with Gasteiger partial charge in [0.1, 0.15) is 5.75 Å². The van der Waals surface area contributed by atoms with Gasteiger partial charge in [0.2, 0.25) is 0 Å². The fourth-order valence-corrected chi connectivity index (χ4v) is 5.32. The van der Waals surface area contributed by atoms with E-state index in [9.17, 15) is 19.7 Å². The molecule has 0 radical (unpaired) electrons. The normalized spacial score (nSPS) is 11.7. The highest BCUT2D eigenvalue weighted by Crippen LogP contribution is 2.27. The summed E-state index contributed by atoms with van der Waals surface area (Å²) in [6.45, 7) is 5.34. The number of para-hydroxylation sites is 2. The standard InChI is InChI=1S/C28H25N5O5S/c1-3-31(4-2)20-13-12-18(14-25-27(35)32-23-11-6-5-10-22(23)30-28(32)39-25)24(16-20)38-17-26(34)29-19-8-7-9-21(15-19)33(36)37/h5-16H,3-4,17H2,1-2H3,(H,29,34)/b25-14+. The molecule has 39 heavy (non-hydrogen) atoms. The molecule has 3 aromatic carbocycles. The highest BCUT2D eigenvalue weighted by Gasteiger charge is 2.14.